The van der Waals surface area contributed by atoms with Crippen molar-refractivity contribution in [1.29, 1.82) is 0 Å². The number of likely N-dealkylation sites (tertiary alicyclic amines) is 1. The number of likely N-dealkylation sites (N-methyl/N-ethyl adjacent to an activating group) is 2. The second-order valence-corrected chi connectivity index (χ2v) is 2.54. The summed E-state index contributed by atoms with van der Waals surface area (Å²) in [6.07, 6.45) is 1.31. The van der Waals surface area contributed by atoms with Gasteiger partial charge in [0.1, 0.15) is 0 Å². The molecule has 0 bridgehead atoms. The molecule has 1 aliphatic heterocycles. The Bertz CT molecular complexity index is 78.9. The molecule has 0 aromatic rings. The lowest BCUT2D eigenvalue weighted by atomic mass is 10.3. The van der Waals surface area contributed by atoms with E-state index in [0.717, 1.165) is 13.2 Å². The van der Waals surface area contributed by atoms with Gasteiger partial charge in [0.15, 0.2) is 0 Å². The first-order valence-electron chi connectivity index (χ1n) is 4.63. The van der Waals surface area contributed by atoms with E-state index in [4.69, 9.17) is 5.11 Å². The van der Waals surface area contributed by atoms with Crippen LogP contribution in [0.25, 0.3) is 0 Å². The quantitative estimate of drug-likeness (QED) is 0.612. The van der Waals surface area contributed by atoms with Crippen LogP contribution < -0.4 is 5.32 Å². The molecule has 3 heteroatoms. The summed E-state index contributed by atoms with van der Waals surface area (Å²) in [5.41, 5.74) is 0. The molecule has 1 atom stereocenters. The van der Waals surface area contributed by atoms with Crippen molar-refractivity contribution in [2.24, 2.45) is 0 Å². The summed E-state index contributed by atoms with van der Waals surface area (Å²) < 4.78 is 0. The van der Waals surface area contributed by atoms with Crippen LogP contribution in [-0.2, 0) is 0 Å². The van der Waals surface area contributed by atoms with E-state index in [1.54, 1.807) is 0 Å². The molecule has 1 saturated heterocycles. The molecule has 3 nitrogen and oxygen atoms in total. The molecule has 12 heavy (non-hydrogen) atoms. The van der Waals surface area contributed by atoms with E-state index in [1.807, 2.05) is 20.9 Å². The van der Waals surface area contributed by atoms with Crippen LogP contribution in [0.2, 0.25) is 0 Å². The number of nitrogens with one attached hydrogen (secondary N) is 1. The van der Waals surface area contributed by atoms with Gasteiger partial charge in [-0.2, -0.15) is 0 Å². The second kappa shape index (κ2) is 10.9. The molecule has 0 aromatic heterocycles. The zero-order chi connectivity index (χ0) is 9.98. The van der Waals surface area contributed by atoms with Gasteiger partial charge < -0.3 is 15.3 Å². The van der Waals surface area contributed by atoms with Gasteiger partial charge in [0.05, 0.1) is 0 Å². The fraction of sp³-hybridized carbons (Fsp3) is 1.00. The van der Waals surface area contributed by atoms with E-state index < -0.39 is 0 Å². The Labute approximate surface area is 76.8 Å². The van der Waals surface area contributed by atoms with Crippen LogP contribution in [0.5, 0.6) is 0 Å². The first kappa shape index (κ1) is 14.4. The summed E-state index contributed by atoms with van der Waals surface area (Å²) in [5, 5.41) is 10.3. The molecular formula is C9H24N2O. The maximum atomic E-state index is 7.00. The Morgan fingerprint density at radius 1 is 1.33 bits per heavy atom. The van der Waals surface area contributed by atoms with Crippen LogP contribution in [0.1, 0.15) is 20.3 Å². The van der Waals surface area contributed by atoms with E-state index in [1.165, 1.54) is 19.5 Å². The van der Waals surface area contributed by atoms with Gasteiger partial charge in [-0.25, -0.2) is 0 Å². The molecule has 1 fully saturated rings. The lowest BCUT2D eigenvalue weighted by molar-refractivity contribution is 0.399. The summed E-state index contributed by atoms with van der Waals surface area (Å²) in [7, 11) is 5.20. The van der Waals surface area contributed by atoms with Crippen molar-refractivity contribution in [3.63, 3.8) is 0 Å². The van der Waals surface area contributed by atoms with Crippen molar-refractivity contribution in [2.75, 3.05) is 34.3 Å². The monoisotopic (exact) mass is 176 g/mol. The lowest BCUT2D eigenvalue weighted by Gasteiger charge is -2.07. The van der Waals surface area contributed by atoms with E-state index in [2.05, 4.69) is 17.3 Å². The highest BCUT2D eigenvalue weighted by Crippen LogP contribution is 2.04. The predicted molar refractivity (Wildman–Crippen MR) is 54.5 cm³/mol. The molecular weight excluding hydrogens is 152 g/mol. The van der Waals surface area contributed by atoms with Crippen LogP contribution in [-0.4, -0.2) is 50.3 Å². The normalized spacial score (nSPS) is 22.0. The molecule has 0 saturated carbocycles. The van der Waals surface area contributed by atoms with Crippen LogP contribution in [0.4, 0.5) is 0 Å². The molecule has 1 unspecified atom stereocenters. The Hall–Kier alpha value is -0.120. The molecule has 0 radical (unpaired) electrons. The van der Waals surface area contributed by atoms with Crippen LogP contribution in [0, 0.1) is 0 Å². The predicted octanol–water partition coefficient (Wildman–Crippen LogP) is 0.545. The maximum Gasteiger partial charge on any atom is 0.0319 e. The summed E-state index contributed by atoms with van der Waals surface area (Å²) in [6.45, 7) is 6.47. The minimum Gasteiger partial charge on any atom is -0.400 e. The molecule has 1 heterocycles. The minimum atomic E-state index is 0.750. The van der Waals surface area contributed by atoms with E-state index in [-0.39, 0.29) is 0 Å². The van der Waals surface area contributed by atoms with Crippen molar-refractivity contribution in [3.05, 3.63) is 0 Å². The van der Waals surface area contributed by atoms with Gasteiger partial charge in [-0.15, -0.1) is 0 Å². The Balaban J connectivity index is 0. The van der Waals surface area contributed by atoms with Crippen molar-refractivity contribution in [1.82, 2.24) is 10.2 Å². The fourth-order valence-corrected chi connectivity index (χ4v) is 1.17. The minimum absolute atomic E-state index is 0.750. The van der Waals surface area contributed by atoms with Gasteiger partial charge in [0.25, 0.3) is 0 Å². The summed E-state index contributed by atoms with van der Waals surface area (Å²) in [4.78, 5) is 2.35. The number of aliphatic hydroxyl groups excluding tert-OH is 1. The van der Waals surface area contributed by atoms with Gasteiger partial charge in [-0.1, -0.05) is 13.8 Å². The van der Waals surface area contributed by atoms with Crippen LogP contribution in [0.15, 0.2) is 0 Å². The Morgan fingerprint density at radius 2 is 1.83 bits per heavy atom. The highest BCUT2D eigenvalue weighted by Gasteiger charge is 2.16. The molecule has 0 aliphatic carbocycles. The number of nitrogens with zero attached hydrogens (tertiary/aromatic N) is 1. The van der Waals surface area contributed by atoms with Crippen LogP contribution in [0.3, 0.4) is 0 Å². The zero-order valence-electron chi connectivity index (χ0n) is 9.09. The summed E-state index contributed by atoms with van der Waals surface area (Å²) in [5.74, 6) is 0. The summed E-state index contributed by atoms with van der Waals surface area (Å²) >= 11 is 0. The first-order chi connectivity index (χ1) is 5.83. The van der Waals surface area contributed by atoms with Crippen molar-refractivity contribution in [3.8, 4) is 0 Å². The zero-order valence-corrected chi connectivity index (χ0v) is 9.09. The van der Waals surface area contributed by atoms with Crippen molar-refractivity contribution in [2.45, 2.75) is 26.3 Å². The molecule has 0 amide bonds. The third-order valence-corrected chi connectivity index (χ3v) is 1.80. The van der Waals surface area contributed by atoms with E-state index in [9.17, 15) is 0 Å². The third-order valence-electron chi connectivity index (χ3n) is 1.80. The highest BCUT2D eigenvalue weighted by molar-refractivity contribution is 4.76. The number of aliphatic hydroxyl groups is 1. The van der Waals surface area contributed by atoms with Gasteiger partial charge in [0, 0.05) is 19.7 Å². The molecule has 0 spiro atoms. The van der Waals surface area contributed by atoms with Crippen molar-refractivity contribution >= 4 is 0 Å². The Morgan fingerprint density at radius 3 is 2.00 bits per heavy atom. The average molecular weight is 176 g/mol. The number of hydrogen-bond donors (Lipinski definition) is 2. The highest BCUT2D eigenvalue weighted by atomic mass is 16.2. The maximum absolute atomic E-state index is 7.00. The third kappa shape index (κ3) is 6.58. The van der Waals surface area contributed by atoms with Gasteiger partial charge in [-0.3, -0.25) is 0 Å². The van der Waals surface area contributed by atoms with Gasteiger partial charge in [0.2, 0.25) is 0 Å². The van der Waals surface area contributed by atoms with Crippen molar-refractivity contribution < 1.29 is 5.11 Å². The molecule has 0 aromatic carbocycles. The van der Waals surface area contributed by atoms with Crippen LogP contribution >= 0.6 is 0 Å². The first-order valence-corrected chi connectivity index (χ1v) is 4.63. The van der Waals surface area contributed by atoms with E-state index in [0.29, 0.717) is 0 Å². The average Bonchev–Trinajstić information content (AvgIpc) is 2.58. The Kier molecular flexibility index (Phi) is 13.1. The van der Waals surface area contributed by atoms with Gasteiger partial charge in [-0.05, 0) is 27.1 Å². The molecule has 76 valence electrons. The lowest BCUT2D eigenvalue weighted by Crippen LogP contribution is -2.27. The van der Waals surface area contributed by atoms with E-state index >= 15 is 0 Å². The fourth-order valence-electron chi connectivity index (χ4n) is 1.17. The number of rotatable bonds is 1. The number of hydrogen-bond acceptors (Lipinski definition) is 3. The van der Waals surface area contributed by atoms with Gasteiger partial charge >= 0.3 is 0 Å². The molecule has 2 N–H and O–H groups in total. The smallest absolute Gasteiger partial charge is 0.0319 e. The topological polar surface area (TPSA) is 35.5 Å². The largest absolute Gasteiger partial charge is 0.400 e. The SMILES string of the molecule is CC.CNC1CCN(C)C1.CO. The summed E-state index contributed by atoms with van der Waals surface area (Å²) in [6, 6.07) is 0.750. The molecule has 1 aliphatic rings. The molecule has 1 rings (SSSR count). The standard InChI is InChI=1S/C6H14N2.C2H6.CH4O/c1-7-6-3-4-8(2)5-6;2*1-2/h6-7H,3-5H2,1-2H3;1-2H3;2H,1H3. The second-order valence-electron chi connectivity index (χ2n) is 2.54.